The highest BCUT2D eigenvalue weighted by Crippen LogP contribution is 2.69. The second-order valence-electron chi connectivity index (χ2n) is 14.7. The van der Waals surface area contributed by atoms with E-state index < -0.39 is 0 Å². The van der Waals surface area contributed by atoms with Gasteiger partial charge in [-0.25, -0.2) is 0 Å². The molecule has 4 aliphatic carbocycles. The molecule has 4 fully saturated rings. The molecule has 0 heterocycles. The summed E-state index contributed by atoms with van der Waals surface area (Å²) < 4.78 is 1.31. The van der Waals surface area contributed by atoms with Crippen molar-refractivity contribution in [3.05, 3.63) is 33.4 Å². The first-order valence-electron chi connectivity index (χ1n) is 15.6. The summed E-state index contributed by atoms with van der Waals surface area (Å²) in [5, 5.41) is 11.2. The lowest BCUT2D eigenvalue weighted by Crippen LogP contribution is -2.57. The van der Waals surface area contributed by atoms with Gasteiger partial charge >= 0.3 is 0 Å². The Morgan fingerprint density at radius 3 is 2.22 bits per heavy atom. The molecule has 4 saturated carbocycles. The summed E-state index contributed by atoms with van der Waals surface area (Å²) in [6.45, 7) is 12.8. The number of benzene rings is 1. The monoisotopic (exact) mass is 604 g/mol. The van der Waals surface area contributed by atoms with Crippen molar-refractivity contribution in [2.75, 3.05) is 0 Å². The van der Waals surface area contributed by atoms with Crippen LogP contribution in [-0.2, 0) is 6.42 Å². The number of aliphatic hydroxyl groups is 1. The standard InChI is InChI=1S/C34H53IO/c1-22(2)7-6-8-23(3)28-15-16-29-26-13-14-30-27(21-24-9-11-25(35)12-10-24)32(36)18-20-34(30,5)31(26)17-19-33(28,29)4/h9-12,22-23,26-32,36H,6-8,13-21H2,1-5H3/t23-,26+,27+,28-,29+,30+,31+,32-,33-,34+/m1/s1. The first kappa shape index (κ1) is 27.5. The van der Waals surface area contributed by atoms with Crippen molar-refractivity contribution in [3.63, 3.8) is 0 Å². The SMILES string of the molecule is CC(C)CCC[C@@H](C)[C@H]1CC[C@H]2[C@@H]3CC[C@H]4[C@H](Cc5ccc(I)cc5)[C@H](O)CC[C@]4(C)[C@H]3CC[C@]12C. The molecule has 1 nitrogen and oxygen atoms in total. The maximum absolute atomic E-state index is 11.2. The van der Waals surface area contributed by atoms with E-state index >= 15 is 0 Å². The Bertz CT molecular complexity index is 878. The second kappa shape index (κ2) is 10.8. The van der Waals surface area contributed by atoms with E-state index in [1.165, 1.54) is 73.3 Å². The van der Waals surface area contributed by atoms with E-state index in [0.29, 0.717) is 22.7 Å². The number of aliphatic hydroxyl groups excluding tert-OH is 1. The van der Waals surface area contributed by atoms with Crippen LogP contribution in [0.2, 0.25) is 0 Å². The van der Waals surface area contributed by atoms with Crippen molar-refractivity contribution < 1.29 is 5.11 Å². The third-order valence-electron chi connectivity index (χ3n) is 12.5. The van der Waals surface area contributed by atoms with Crippen molar-refractivity contribution in [1.82, 2.24) is 0 Å². The fraction of sp³-hybridized carbons (Fsp3) is 0.824. The Hall–Kier alpha value is -0.0900. The van der Waals surface area contributed by atoms with Gasteiger partial charge in [-0.3, -0.25) is 0 Å². The van der Waals surface area contributed by atoms with Crippen LogP contribution in [0.1, 0.15) is 111 Å². The van der Waals surface area contributed by atoms with E-state index in [2.05, 4.69) is 81.5 Å². The van der Waals surface area contributed by atoms with Gasteiger partial charge in [-0.2, -0.15) is 0 Å². The van der Waals surface area contributed by atoms with E-state index in [1.807, 2.05) is 0 Å². The van der Waals surface area contributed by atoms with Crippen LogP contribution >= 0.6 is 22.6 Å². The van der Waals surface area contributed by atoms with E-state index in [1.54, 1.807) is 0 Å². The average Bonchev–Trinajstić information content (AvgIpc) is 3.19. The Kier molecular flexibility index (Phi) is 8.26. The fourth-order valence-corrected chi connectivity index (χ4v) is 11.1. The largest absolute Gasteiger partial charge is 0.393 e. The lowest BCUT2D eigenvalue weighted by Gasteiger charge is -2.63. The summed E-state index contributed by atoms with van der Waals surface area (Å²) in [6.07, 6.45) is 16.2. The number of fused-ring (bicyclic) bond motifs is 5. The van der Waals surface area contributed by atoms with Gasteiger partial charge in [-0.1, -0.05) is 66.0 Å². The summed E-state index contributed by atoms with van der Waals surface area (Å²) >= 11 is 2.40. The lowest BCUT2D eigenvalue weighted by atomic mass is 9.42. The molecule has 0 saturated heterocycles. The molecule has 1 N–H and O–H groups in total. The van der Waals surface area contributed by atoms with Gasteiger partial charge in [0.05, 0.1) is 6.10 Å². The van der Waals surface area contributed by atoms with E-state index in [9.17, 15) is 5.11 Å². The molecule has 1 aromatic rings. The van der Waals surface area contributed by atoms with Gasteiger partial charge < -0.3 is 5.11 Å². The van der Waals surface area contributed by atoms with Crippen molar-refractivity contribution in [1.29, 1.82) is 0 Å². The zero-order valence-electron chi connectivity index (χ0n) is 23.8. The summed E-state index contributed by atoms with van der Waals surface area (Å²) in [7, 11) is 0. The van der Waals surface area contributed by atoms with E-state index in [0.717, 1.165) is 48.3 Å². The molecule has 0 aromatic heterocycles. The van der Waals surface area contributed by atoms with Gasteiger partial charge in [0.1, 0.15) is 0 Å². The van der Waals surface area contributed by atoms with Crippen LogP contribution in [0.5, 0.6) is 0 Å². The highest BCUT2D eigenvalue weighted by atomic mass is 127. The van der Waals surface area contributed by atoms with E-state index in [-0.39, 0.29) is 6.10 Å². The second-order valence-corrected chi connectivity index (χ2v) is 15.9. The normalized spacial score (nSPS) is 43.1. The quantitative estimate of drug-likeness (QED) is 0.308. The Morgan fingerprint density at radius 2 is 1.50 bits per heavy atom. The molecule has 2 heteroatoms. The molecule has 0 spiro atoms. The van der Waals surface area contributed by atoms with Gasteiger partial charge in [-0.05, 0) is 156 Å². The van der Waals surface area contributed by atoms with Crippen LogP contribution in [-0.4, -0.2) is 11.2 Å². The Balaban J connectivity index is 1.31. The third-order valence-corrected chi connectivity index (χ3v) is 13.2. The minimum Gasteiger partial charge on any atom is -0.393 e. The van der Waals surface area contributed by atoms with Crippen molar-refractivity contribution >= 4 is 22.6 Å². The van der Waals surface area contributed by atoms with Gasteiger partial charge in [0.2, 0.25) is 0 Å². The molecule has 0 bridgehead atoms. The summed E-state index contributed by atoms with van der Waals surface area (Å²) in [5.74, 6) is 6.59. The zero-order chi connectivity index (χ0) is 25.7. The number of halogens is 1. The molecule has 0 amide bonds. The molecule has 1 aromatic carbocycles. The van der Waals surface area contributed by atoms with Crippen LogP contribution < -0.4 is 0 Å². The topological polar surface area (TPSA) is 20.2 Å². The zero-order valence-corrected chi connectivity index (χ0v) is 26.0. The summed E-state index contributed by atoms with van der Waals surface area (Å²) in [6, 6.07) is 9.09. The van der Waals surface area contributed by atoms with Gasteiger partial charge in [0, 0.05) is 3.57 Å². The van der Waals surface area contributed by atoms with Gasteiger partial charge in [0.25, 0.3) is 0 Å². The number of hydrogen-bond donors (Lipinski definition) is 1. The van der Waals surface area contributed by atoms with Crippen LogP contribution in [0.25, 0.3) is 0 Å². The van der Waals surface area contributed by atoms with Crippen LogP contribution in [0.4, 0.5) is 0 Å². The maximum Gasteiger partial charge on any atom is 0.0574 e. The van der Waals surface area contributed by atoms with Crippen LogP contribution in [0.15, 0.2) is 24.3 Å². The summed E-state index contributed by atoms with van der Waals surface area (Å²) in [4.78, 5) is 0. The molecule has 5 rings (SSSR count). The molecule has 10 atom stereocenters. The first-order valence-corrected chi connectivity index (χ1v) is 16.6. The number of rotatable bonds is 7. The molecule has 4 aliphatic rings. The lowest BCUT2D eigenvalue weighted by molar-refractivity contribution is -0.152. The molecular formula is C34H53IO. The molecule has 0 unspecified atom stereocenters. The Labute approximate surface area is 236 Å². The molecule has 0 radical (unpaired) electrons. The maximum atomic E-state index is 11.2. The predicted molar refractivity (Wildman–Crippen MR) is 161 cm³/mol. The molecular weight excluding hydrogens is 551 g/mol. The van der Waals surface area contributed by atoms with Crippen molar-refractivity contribution in [2.45, 2.75) is 118 Å². The Morgan fingerprint density at radius 1 is 0.833 bits per heavy atom. The highest BCUT2D eigenvalue weighted by Gasteiger charge is 2.61. The minimum absolute atomic E-state index is 0.115. The molecule has 36 heavy (non-hydrogen) atoms. The first-order chi connectivity index (χ1) is 17.1. The van der Waals surface area contributed by atoms with Crippen LogP contribution in [0.3, 0.4) is 0 Å². The highest BCUT2D eigenvalue weighted by molar-refractivity contribution is 14.1. The van der Waals surface area contributed by atoms with Crippen molar-refractivity contribution in [3.8, 4) is 0 Å². The number of hydrogen-bond acceptors (Lipinski definition) is 1. The van der Waals surface area contributed by atoms with Gasteiger partial charge in [0.15, 0.2) is 0 Å². The predicted octanol–water partition coefficient (Wildman–Crippen LogP) is 9.54. The minimum atomic E-state index is -0.115. The smallest absolute Gasteiger partial charge is 0.0574 e. The van der Waals surface area contributed by atoms with Crippen molar-refractivity contribution in [2.24, 2.45) is 58.2 Å². The average molecular weight is 605 g/mol. The molecule has 0 aliphatic heterocycles. The van der Waals surface area contributed by atoms with E-state index in [4.69, 9.17) is 0 Å². The molecule has 202 valence electrons. The fourth-order valence-electron chi connectivity index (χ4n) is 10.7. The summed E-state index contributed by atoms with van der Waals surface area (Å²) in [5.41, 5.74) is 2.43. The van der Waals surface area contributed by atoms with Gasteiger partial charge in [-0.15, -0.1) is 0 Å². The van der Waals surface area contributed by atoms with Crippen LogP contribution in [0, 0.1) is 61.7 Å². The third kappa shape index (κ3) is 4.98.